The van der Waals surface area contributed by atoms with Gasteiger partial charge in [-0.25, -0.2) is 4.98 Å². The molecule has 10 heteroatoms. The predicted molar refractivity (Wildman–Crippen MR) is 124 cm³/mol. The normalized spacial score (nSPS) is 19.6. The third-order valence-corrected chi connectivity index (χ3v) is 6.63. The number of H-pyrrole nitrogens is 1. The second-order valence-electron chi connectivity index (χ2n) is 9.11. The first-order valence-corrected chi connectivity index (χ1v) is 11.7. The van der Waals surface area contributed by atoms with E-state index in [2.05, 4.69) is 26.7 Å². The molecule has 180 valence electrons. The fraction of sp³-hybridized carbons (Fsp3) is 0.542. The molecule has 1 saturated carbocycles. The number of para-hydroxylation sites is 1. The van der Waals surface area contributed by atoms with Crippen molar-refractivity contribution >= 4 is 28.8 Å². The summed E-state index contributed by atoms with van der Waals surface area (Å²) in [6.07, 6.45) is 4.34. The minimum Gasteiger partial charge on any atom is -0.494 e. The topological polar surface area (TPSA) is 140 Å². The molecule has 4 rings (SSSR count). The Morgan fingerprint density at radius 1 is 1.32 bits per heavy atom. The van der Waals surface area contributed by atoms with Crippen molar-refractivity contribution in [2.24, 2.45) is 11.8 Å². The van der Waals surface area contributed by atoms with Gasteiger partial charge < -0.3 is 25.3 Å². The van der Waals surface area contributed by atoms with Crippen LogP contribution in [-0.4, -0.2) is 65.4 Å². The van der Waals surface area contributed by atoms with E-state index in [1.807, 2.05) is 0 Å². The van der Waals surface area contributed by atoms with Crippen LogP contribution in [0.3, 0.4) is 0 Å². The Labute approximate surface area is 198 Å². The lowest BCUT2D eigenvalue weighted by molar-refractivity contribution is -0.129. The van der Waals surface area contributed by atoms with Crippen LogP contribution in [0.25, 0.3) is 11.0 Å². The van der Waals surface area contributed by atoms with Crippen LogP contribution in [0.5, 0.6) is 5.75 Å². The minimum absolute atomic E-state index is 0.0807. The van der Waals surface area contributed by atoms with Crippen molar-refractivity contribution in [1.82, 2.24) is 25.5 Å². The molecule has 0 bridgehead atoms. The van der Waals surface area contributed by atoms with Crippen LogP contribution >= 0.6 is 0 Å². The number of likely N-dealkylation sites (N-methyl/N-ethyl adjacent to an activating group) is 1. The Morgan fingerprint density at radius 2 is 2.12 bits per heavy atom. The third-order valence-electron chi connectivity index (χ3n) is 6.63. The largest absolute Gasteiger partial charge is 0.494 e. The number of carbonyl (C=O) groups excluding carboxylic acids is 3. The van der Waals surface area contributed by atoms with E-state index >= 15 is 0 Å². The summed E-state index contributed by atoms with van der Waals surface area (Å²) >= 11 is 0. The van der Waals surface area contributed by atoms with Gasteiger partial charge in [0.2, 0.25) is 11.8 Å². The molecular formula is C24H30N6O4. The standard InChI is InChI=1S/C24H30N6O4/c1-30(24(33)21-28-17-6-3-7-19(34-2)20(17)29-21)18(11-14-8-9-14)23(32)27-16(13-25)12-15-5-4-10-26-22(15)31/h3,6-7,14-16,18H,4-5,8-12H2,1-2H3,(H,26,31)(H,27,32)(H,28,29)/t15-,16-,18-/m0/s1. The van der Waals surface area contributed by atoms with Gasteiger partial charge in [0, 0.05) is 19.5 Å². The van der Waals surface area contributed by atoms with Gasteiger partial charge in [-0.1, -0.05) is 18.9 Å². The van der Waals surface area contributed by atoms with E-state index in [9.17, 15) is 19.6 Å². The molecule has 1 aliphatic heterocycles. The monoisotopic (exact) mass is 466 g/mol. The summed E-state index contributed by atoms with van der Waals surface area (Å²) in [6.45, 7) is 0.642. The fourth-order valence-electron chi connectivity index (χ4n) is 4.45. The lowest BCUT2D eigenvalue weighted by atomic mass is 9.92. The number of hydrogen-bond donors (Lipinski definition) is 3. The number of nitrogens with one attached hydrogen (secondary N) is 3. The highest BCUT2D eigenvalue weighted by molar-refractivity contribution is 5.98. The Kier molecular flexibility index (Phi) is 7.01. The number of carbonyl (C=O) groups is 3. The summed E-state index contributed by atoms with van der Waals surface area (Å²) in [5.74, 6) is -0.157. The molecule has 3 N–H and O–H groups in total. The average molecular weight is 467 g/mol. The summed E-state index contributed by atoms with van der Waals surface area (Å²) in [5.41, 5.74) is 1.20. The number of nitrogens with zero attached hydrogens (tertiary/aromatic N) is 3. The highest BCUT2D eigenvalue weighted by atomic mass is 16.5. The number of fused-ring (bicyclic) bond motifs is 1. The number of hydrogen-bond acceptors (Lipinski definition) is 6. The smallest absolute Gasteiger partial charge is 0.290 e. The van der Waals surface area contributed by atoms with Gasteiger partial charge in [-0.05, 0) is 43.7 Å². The summed E-state index contributed by atoms with van der Waals surface area (Å²) in [7, 11) is 3.12. The molecule has 2 heterocycles. The van der Waals surface area contributed by atoms with E-state index in [1.54, 1.807) is 25.2 Å². The van der Waals surface area contributed by atoms with E-state index in [0.717, 1.165) is 19.3 Å². The van der Waals surface area contributed by atoms with Crippen molar-refractivity contribution in [2.45, 2.75) is 50.6 Å². The summed E-state index contributed by atoms with van der Waals surface area (Å²) in [6, 6.07) is 5.92. The van der Waals surface area contributed by atoms with Crippen molar-refractivity contribution < 1.29 is 19.1 Å². The number of ether oxygens (including phenoxy) is 1. The SMILES string of the molecule is COc1cccc2[nH]c(C(=O)N(C)[C@@H](CC3CC3)C(=O)N[C@H](C#N)C[C@@H]3CCCNC3=O)nc12. The molecule has 2 aliphatic rings. The number of amides is 3. The van der Waals surface area contributed by atoms with Gasteiger partial charge in [0.05, 0.1) is 18.7 Å². The molecule has 0 radical (unpaired) electrons. The van der Waals surface area contributed by atoms with Crippen LogP contribution in [0.4, 0.5) is 0 Å². The van der Waals surface area contributed by atoms with Gasteiger partial charge in [0.25, 0.3) is 5.91 Å². The van der Waals surface area contributed by atoms with Crippen LogP contribution in [0.1, 0.15) is 49.1 Å². The van der Waals surface area contributed by atoms with Crippen molar-refractivity contribution in [3.63, 3.8) is 0 Å². The van der Waals surface area contributed by atoms with Gasteiger partial charge in [0.15, 0.2) is 5.82 Å². The summed E-state index contributed by atoms with van der Waals surface area (Å²) in [4.78, 5) is 47.4. The summed E-state index contributed by atoms with van der Waals surface area (Å²) in [5, 5.41) is 15.2. The maximum absolute atomic E-state index is 13.3. The van der Waals surface area contributed by atoms with Crippen LogP contribution in [-0.2, 0) is 9.59 Å². The fourth-order valence-corrected chi connectivity index (χ4v) is 4.45. The van der Waals surface area contributed by atoms with E-state index in [0.29, 0.717) is 42.1 Å². The van der Waals surface area contributed by atoms with E-state index < -0.39 is 18.0 Å². The van der Waals surface area contributed by atoms with Gasteiger partial charge >= 0.3 is 0 Å². The van der Waals surface area contributed by atoms with E-state index in [1.165, 1.54) is 12.0 Å². The summed E-state index contributed by atoms with van der Waals surface area (Å²) < 4.78 is 5.32. The zero-order valence-corrected chi connectivity index (χ0v) is 19.5. The Morgan fingerprint density at radius 3 is 2.79 bits per heavy atom. The molecule has 10 nitrogen and oxygen atoms in total. The molecule has 1 aromatic heterocycles. The Balaban J connectivity index is 1.49. The molecule has 3 atom stereocenters. The van der Waals surface area contributed by atoms with Crippen LogP contribution < -0.4 is 15.4 Å². The first kappa shape index (κ1) is 23.5. The number of imidazole rings is 1. The molecule has 3 amide bonds. The van der Waals surface area contributed by atoms with Crippen molar-refractivity contribution in [3.8, 4) is 11.8 Å². The van der Waals surface area contributed by atoms with Crippen molar-refractivity contribution in [1.29, 1.82) is 5.26 Å². The maximum Gasteiger partial charge on any atom is 0.290 e. The molecule has 0 unspecified atom stereocenters. The average Bonchev–Trinajstić information content (AvgIpc) is 3.56. The minimum atomic E-state index is -0.804. The molecule has 1 aliphatic carbocycles. The van der Waals surface area contributed by atoms with Gasteiger partial charge in [-0.15, -0.1) is 0 Å². The van der Waals surface area contributed by atoms with Gasteiger partial charge in [-0.2, -0.15) is 5.26 Å². The zero-order valence-electron chi connectivity index (χ0n) is 19.5. The highest BCUT2D eigenvalue weighted by Gasteiger charge is 2.36. The number of nitriles is 1. The second kappa shape index (κ2) is 10.1. The van der Waals surface area contributed by atoms with Crippen LogP contribution in [0.15, 0.2) is 18.2 Å². The lowest BCUT2D eigenvalue weighted by Gasteiger charge is -2.29. The number of aromatic amines is 1. The first-order valence-electron chi connectivity index (χ1n) is 11.7. The van der Waals surface area contributed by atoms with Crippen molar-refractivity contribution in [3.05, 3.63) is 24.0 Å². The quantitative estimate of drug-likeness (QED) is 0.514. The molecule has 2 fully saturated rings. The molecule has 2 aromatic rings. The van der Waals surface area contributed by atoms with Gasteiger partial charge in [0.1, 0.15) is 23.3 Å². The van der Waals surface area contributed by atoms with E-state index in [-0.39, 0.29) is 30.0 Å². The van der Waals surface area contributed by atoms with E-state index in [4.69, 9.17) is 4.74 Å². The van der Waals surface area contributed by atoms with Crippen molar-refractivity contribution in [2.75, 3.05) is 20.7 Å². The molecule has 1 aromatic carbocycles. The number of piperidine rings is 1. The number of methoxy groups -OCH3 is 1. The Bertz CT molecular complexity index is 1120. The predicted octanol–water partition coefficient (Wildman–Crippen LogP) is 1.74. The Hall–Kier alpha value is -3.61. The second-order valence-corrected chi connectivity index (χ2v) is 9.11. The number of rotatable bonds is 9. The first-order chi connectivity index (χ1) is 16.4. The lowest BCUT2D eigenvalue weighted by Crippen LogP contribution is -2.51. The zero-order chi connectivity index (χ0) is 24.2. The number of aromatic nitrogens is 2. The molecule has 1 saturated heterocycles. The third kappa shape index (κ3) is 5.14. The highest BCUT2D eigenvalue weighted by Crippen LogP contribution is 2.35. The van der Waals surface area contributed by atoms with Crippen LogP contribution in [0.2, 0.25) is 0 Å². The maximum atomic E-state index is 13.3. The van der Waals surface area contributed by atoms with Gasteiger partial charge in [-0.3, -0.25) is 14.4 Å². The molecule has 34 heavy (non-hydrogen) atoms. The molecular weight excluding hydrogens is 436 g/mol. The number of benzene rings is 1. The van der Waals surface area contributed by atoms with Crippen LogP contribution in [0, 0.1) is 23.2 Å². The molecule has 0 spiro atoms.